The number of nitrogens with zero attached hydrogens (tertiary/aromatic N) is 1. The van der Waals surface area contributed by atoms with E-state index in [1.165, 1.54) is 18.9 Å². The molecule has 0 spiro atoms. The Morgan fingerprint density at radius 1 is 1.53 bits per heavy atom. The summed E-state index contributed by atoms with van der Waals surface area (Å²) in [4.78, 5) is 23.5. The second-order valence-electron chi connectivity index (χ2n) is 3.86. The number of rotatable bonds is 4. The Morgan fingerprint density at radius 3 is 2.65 bits per heavy atom. The molecule has 0 saturated heterocycles. The van der Waals surface area contributed by atoms with Gasteiger partial charge in [-0.05, 0) is 35.7 Å². The van der Waals surface area contributed by atoms with Crippen molar-refractivity contribution >= 4 is 23.3 Å². The van der Waals surface area contributed by atoms with Gasteiger partial charge in [0, 0.05) is 13.6 Å². The number of hydrogen-bond acceptors (Lipinski definition) is 3. The van der Waals surface area contributed by atoms with Gasteiger partial charge in [0.2, 0.25) is 0 Å². The van der Waals surface area contributed by atoms with Gasteiger partial charge in [0.15, 0.2) is 0 Å². The molecule has 2 N–H and O–H groups in total. The molecular formula is C11H16N2O3S. The Bertz CT molecular complexity index is 417. The molecule has 0 aliphatic heterocycles. The van der Waals surface area contributed by atoms with E-state index in [1.807, 2.05) is 17.7 Å². The van der Waals surface area contributed by atoms with Crippen LogP contribution in [0.5, 0.6) is 0 Å². The number of aryl methyl sites for hydroxylation is 1. The van der Waals surface area contributed by atoms with E-state index >= 15 is 0 Å². The van der Waals surface area contributed by atoms with Gasteiger partial charge in [0.25, 0.3) is 0 Å². The number of aliphatic carboxylic acids is 1. The van der Waals surface area contributed by atoms with Crippen molar-refractivity contribution in [2.24, 2.45) is 0 Å². The molecule has 5 nitrogen and oxygen atoms in total. The summed E-state index contributed by atoms with van der Waals surface area (Å²) >= 11 is 1.58. The lowest BCUT2D eigenvalue weighted by Crippen LogP contribution is -2.45. The van der Waals surface area contributed by atoms with Gasteiger partial charge >= 0.3 is 12.0 Å². The molecule has 1 rings (SSSR count). The standard InChI is InChI=1S/C11H16N2O3S/c1-7-5-17-6-9(7)4-12-11(16)13(3)8(2)10(14)15/h5-6,8H,4H2,1-3H3,(H,12,16)(H,14,15). The van der Waals surface area contributed by atoms with Crippen molar-refractivity contribution in [1.29, 1.82) is 0 Å². The average molecular weight is 256 g/mol. The average Bonchev–Trinajstić information content (AvgIpc) is 2.69. The van der Waals surface area contributed by atoms with Crippen LogP contribution in [0, 0.1) is 6.92 Å². The number of carboxylic acid groups (broad SMARTS) is 1. The topological polar surface area (TPSA) is 69.6 Å². The quantitative estimate of drug-likeness (QED) is 0.861. The molecule has 1 aromatic heterocycles. The van der Waals surface area contributed by atoms with Gasteiger partial charge in [0.1, 0.15) is 6.04 Å². The third-order valence-electron chi connectivity index (χ3n) is 2.65. The van der Waals surface area contributed by atoms with Gasteiger partial charge in [-0.3, -0.25) is 0 Å². The van der Waals surface area contributed by atoms with Crippen LogP contribution in [0.15, 0.2) is 10.8 Å². The van der Waals surface area contributed by atoms with Crippen molar-refractivity contribution in [3.05, 3.63) is 21.9 Å². The van der Waals surface area contributed by atoms with Crippen LogP contribution in [0.4, 0.5) is 4.79 Å². The number of carbonyl (C=O) groups is 2. The molecule has 1 atom stereocenters. The third-order valence-corrected chi connectivity index (χ3v) is 3.56. The monoisotopic (exact) mass is 256 g/mol. The van der Waals surface area contributed by atoms with Gasteiger partial charge in [-0.1, -0.05) is 0 Å². The molecule has 1 heterocycles. The van der Waals surface area contributed by atoms with E-state index in [0.29, 0.717) is 6.54 Å². The highest BCUT2D eigenvalue weighted by atomic mass is 32.1. The van der Waals surface area contributed by atoms with Crippen molar-refractivity contribution < 1.29 is 14.7 Å². The van der Waals surface area contributed by atoms with Crippen LogP contribution in [0.1, 0.15) is 18.1 Å². The second-order valence-corrected chi connectivity index (χ2v) is 4.61. The Labute approximate surface area is 104 Å². The number of urea groups is 1. The molecule has 0 saturated carbocycles. The molecule has 1 unspecified atom stereocenters. The molecule has 1 aromatic rings. The van der Waals surface area contributed by atoms with Crippen LogP contribution in [-0.2, 0) is 11.3 Å². The minimum atomic E-state index is -1.02. The third kappa shape index (κ3) is 3.45. The molecule has 17 heavy (non-hydrogen) atoms. The highest BCUT2D eigenvalue weighted by molar-refractivity contribution is 7.08. The maximum atomic E-state index is 11.7. The Hall–Kier alpha value is -1.56. The summed E-state index contributed by atoms with van der Waals surface area (Å²) in [6, 6.07) is -1.22. The Morgan fingerprint density at radius 2 is 2.18 bits per heavy atom. The van der Waals surface area contributed by atoms with Crippen LogP contribution in [-0.4, -0.2) is 35.1 Å². The van der Waals surface area contributed by atoms with Crippen LogP contribution >= 0.6 is 11.3 Å². The zero-order chi connectivity index (χ0) is 13.0. The van der Waals surface area contributed by atoms with Gasteiger partial charge < -0.3 is 15.3 Å². The highest BCUT2D eigenvalue weighted by Crippen LogP contribution is 2.13. The van der Waals surface area contributed by atoms with E-state index in [2.05, 4.69) is 5.32 Å². The Balaban J connectivity index is 2.50. The van der Waals surface area contributed by atoms with E-state index in [4.69, 9.17) is 5.11 Å². The maximum absolute atomic E-state index is 11.7. The first-order valence-electron chi connectivity index (χ1n) is 5.18. The summed E-state index contributed by atoms with van der Waals surface area (Å²) in [5.74, 6) is -1.02. The summed E-state index contributed by atoms with van der Waals surface area (Å²) in [6.45, 7) is 3.87. The predicted octanol–water partition coefficient (Wildman–Crippen LogP) is 1.67. The number of nitrogens with one attached hydrogen (secondary N) is 1. The van der Waals surface area contributed by atoms with Gasteiger partial charge in [-0.15, -0.1) is 0 Å². The van der Waals surface area contributed by atoms with E-state index in [1.54, 1.807) is 11.3 Å². The highest BCUT2D eigenvalue weighted by Gasteiger charge is 2.21. The molecule has 0 aromatic carbocycles. The lowest BCUT2D eigenvalue weighted by atomic mass is 10.2. The fraction of sp³-hybridized carbons (Fsp3) is 0.455. The van der Waals surface area contributed by atoms with Crippen LogP contribution < -0.4 is 5.32 Å². The fourth-order valence-corrected chi connectivity index (χ4v) is 2.06. The number of likely N-dealkylation sites (N-methyl/N-ethyl adjacent to an activating group) is 1. The van der Waals surface area contributed by atoms with Crippen LogP contribution in [0.25, 0.3) is 0 Å². The van der Waals surface area contributed by atoms with Crippen molar-refractivity contribution in [3.8, 4) is 0 Å². The van der Waals surface area contributed by atoms with Gasteiger partial charge in [0.05, 0.1) is 0 Å². The smallest absolute Gasteiger partial charge is 0.326 e. The summed E-state index contributed by atoms with van der Waals surface area (Å²) in [5.41, 5.74) is 2.18. The largest absolute Gasteiger partial charge is 0.480 e. The molecular weight excluding hydrogens is 240 g/mol. The van der Waals surface area contributed by atoms with E-state index < -0.39 is 12.0 Å². The summed E-state index contributed by atoms with van der Waals surface area (Å²) < 4.78 is 0. The minimum absolute atomic E-state index is 0.384. The lowest BCUT2D eigenvalue weighted by Gasteiger charge is -2.21. The Kier molecular flexibility index (Phi) is 4.51. The predicted molar refractivity (Wildman–Crippen MR) is 66.2 cm³/mol. The molecule has 94 valence electrons. The van der Waals surface area contributed by atoms with Crippen molar-refractivity contribution in [2.75, 3.05) is 7.05 Å². The van der Waals surface area contributed by atoms with Crippen LogP contribution in [0.2, 0.25) is 0 Å². The summed E-state index contributed by atoms with van der Waals surface area (Å²) in [6.07, 6.45) is 0. The first-order chi connectivity index (χ1) is 7.93. The first-order valence-corrected chi connectivity index (χ1v) is 6.13. The van der Waals surface area contributed by atoms with E-state index in [9.17, 15) is 9.59 Å². The summed E-state index contributed by atoms with van der Waals surface area (Å²) in [7, 11) is 1.47. The molecule has 2 amide bonds. The zero-order valence-corrected chi connectivity index (χ0v) is 10.9. The normalized spacial score (nSPS) is 11.9. The molecule has 6 heteroatoms. The van der Waals surface area contributed by atoms with Crippen molar-refractivity contribution in [2.45, 2.75) is 26.4 Å². The zero-order valence-electron chi connectivity index (χ0n) is 10.1. The first kappa shape index (κ1) is 13.5. The van der Waals surface area contributed by atoms with E-state index in [0.717, 1.165) is 11.1 Å². The number of carboxylic acids is 1. The van der Waals surface area contributed by atoms with Crippen molar-refractivity contribution in [1.82, 2.24) is 10.2 Å². The number of amides is 2. The molecule has 0 bridgehead atoms. The molecule has 0 fully saturated rings. The van der Waals surface area contributed by atoms with Crippen molar-refractivity contribution in [3.63, 3.8) is 0 Å². The van der Waals surface area contributed by atoms with Gasteiger partial charge in [-0.2, -0.15) is 11.3 Å². The number of thiophene rings is 1. The fourth-order valence-electron chi connectivity index (χ4n) is 1.21. The lowest BCUT2D eigenvalue weighted by molar-refractivity contribution is -0.141. The molecule has 0 aliphatic rings. The second kappa shape index (κ2) is 5.67. The maximum Gasteiger partial charge on any atom is 0.326 e. The number of carbonyl (C=O) groups excluding carboxylic acids is 1. The van der Waals surface area contributed by atoms with Crippen LogP contribution in [0.3, 0.4) is 0 Å². The van der Waals surface area contributed by atoms with E-state index in [-0.39, 0.29) is 6.03 Å². The van der Waals surface area contributed by atoms with Gasteiger partial charge in [-0.25, -0.2) is 9.59 Å². The minimum Gasteiger partial charge on any atom is -0.480 e. The summed E-state index contributed by atoms with van der Waals surface area (Å²) in [5, 5.41) is 15.4. The number of hydrogen-bond donors (Lipinski definition) is 2. The SMILES string of the molecule is Cc1cscc1CNC(=O)N(C)C(C)C(=O)O. The molecule has 0 radical (unpaired) electrons. The molecule has 0 aliphatic carbocycles.